The van der Waals surface area contributed by atoms with E-state index in [4.69, 9.17) is 9.47 Å². The quantitative estimate of drug-likeness (QED) is 0.427. The van der Waals surface area contributed by atoms with Gasteiger partial charge >= 0.3 is 0 Å². The van der Waals surface area contributed by atoms with Gasteiger partial charge in [0.2, 0.25) is 0 Å². The summed E-state index contributed by atoms with van der Waals surface area (Å²) in [6.07, 6.45) is 3.45. The molecule has 4 aromatic rings. The Balaban J connectivity index is 1.37. The number of fused-ring (bicyclic) bond motifs is 2. The third kappa shape index (κ3) is 4.13. The van der Waals surface area contributed by atoms with Crippen molar-refractivity contribution < 1.29 is 14.6 Å². The number of morpholine rings is 1. The number of rotatable bonds is 7. The fraction of sp³-hybridized carbons (Fsp3) is 0.360. The van der Waals surface area contributed by atoms with Gasteiger partial charge in [-0.2, -0.15) is 0 Å². The second-order valence-electron chi connectivity index (χ2n) is 8.14. The molecule has 0 aliphatic carbocycles. The van der Waals surface area contributed by atoms with Crippen LogP contribution in [0.5, 0.6) is 11.6 Å². The minimum Gasteiger partial charge on any atom is -0.494 e. The first-order chi connectivity index (χ1) is 15.7. The summed E-state index contributed by atoms with van der Waals surface area (Å²) in [4.78, 5) is 14.5. The number of benzene rings is 2. The molecular weight excluding hydrogens is 404 g/mol. The van der Waals surface area contributed by atoms with E-state index in [-0.39, 0.29) is 5.88 Å². The number of aromatic hydroxyl groups is 1. The van der Waals surface area contributed by atoms with Crippen molar-refractivity contribution in [3.8, 4) is 22.9 Å². The molecule has 1 aliphatic heterocycles. The first-order valence-corrected chi connectivity index (χ1v) is 11.2. The fourth-order valence-electron chi connectivity index (χ4n) is 4.32. The fourth-order valence-corrected chi connectivity index (χ4v) is 4.32. The van der Waals surface area contributed by atoms with Gasteiger partial charge in [0, 0.05) is 42.0 Å². The molecule has 32 heavy (non-hydrogen) atoms. The lowest BCUT2D eigenvalue weighted by Gasteiger charge is -2.26. The highest BCUT2D eigenvalue weighted by molar-refractivity contribution is 6.05. The topological polar surface area (TPSA) is 83.5 Å². The maximum atomic E-state index is 10.7. The monoisotopic (exact) mass is 432 g/mol. The van der Waals surface area contributed by atoms with Gasteiger partial charge in [0.15, 0.2) is 5.88 Å². The minimum atomic E-state index is 0.122. The number of aromatic nitrogens is 3. The van der Waals surface area contributed by atoms with Gasteiger partial charge in [-0.05, 0) is 36.6 Å². The molecule has 0 unspecified atom stereocenters. The average Bonchev–Trinajstić information content (AvgIpc) is 3.16. The molecule has 3 heterocycles. The third-order valence-electron chi connectivity index (χ3n) is 6.09. The Bertz CT molecular complexity index is 1230. The lowest BCUT2D eigenvalue weighted by atomic mass is 10.0. The first-order valence-electron chi connectivity index (χ1n) is 11.2. The summed E-state index contributed by atoms with van der Waals surface area (Å²) < 4.78 is 11.4. The number of nitrogens with one attached hydrogen (secondary N) is 1. The van der Waals surface area contributed by atoms with Gasteiger partial charge < -0.3 is 19.6 Å². The van der Waals surface area contributed by atoms with Crippen LogP contribution in [0.1, 0.15) is 18.9 Å². The number of hydrogen-bond donors (Lipinski definition) is 2. The maximum absolute atomic E-state index is 10.7. The number of nitrogens with zero attached hydrogens (tertiary/aromatic N) is 3. The number of aromatic amines is 1. The molecule has 0 bridgehead atoms. The van der Waals surface area contributed by atoms with Crippen molar-refractivity contribution in [3.63, 3.8) is 0 Å². The number of H-pyrrole nitrogens is 1. The van der Waals surface area contributed by atoms with Gasteiger partial charge in [-0.25, -0.2) is 9.97 Å². The van der Waals surface area contributed by atoms with Crippen molar-refractivity contribution in [2.45, 2.75) is 19.8 Å². The summed E-state index contributed by atoms with van der Waals surface area (Å²) in [5.41, 5.74) is 4.33. The molecule has 0 spiro atoms. The molecule has 0 atom stereocenters. The number of hydrogen-bond acceptors (Lipinski definition) is 6. The van der Waals surface area contributed by atoms with Gasteiger partial charge in [0.05, 0.1) is 36.6 Å². The van der Waals surface area contributed by atoms with Crippen LogP contribution in [0, 0.1) is 0 Å². The Morgan fingerprint density at radius 2 is 1.94 bits per heavy atom. The molecule has 2 aromatic heterocycles. The second-order valence-corrected chi connectivity index (χ2v) is 8.14. The number of ether oxygens (including phenoxy) is 2. The van der Waals surface area contributed by atoms with Gasteiger partial charge in [-0.1, -0.05) is 19.1 Å². The van der Waals surface area contributed by atoms with Crippen LogP contribution in [0.4, 0.5) is 0 Å². The molecule has 2 aromatic carbocycles. The molecule has 7 heteroatoms. The molecule has 0 amide bonds. The first kappa shape index (κ1) is 20.7. The van der Waals surface area contributed by atoms with E-state index < -0.39 is 0 Å². The van der Waals surface area contributed by atoms with Crippen molar-refractivity contribution in [2.75, 3.05) is 39.5 Å². The highest BCUT2D eigenvalue weighted by atomic mass is 16.5. The lowest BCUT2D eigenvalue weighted by molar-refractivity contribution is 0.0358. The Kier molecular flexibility index (Phi) is 5.92. The Morgan fingerprint density at radius 1 is 1.09 bits per heavy atom. The van der Waals surface area contributed by atoms with Crippen molar-refractivity contribution >= 4 is 21.8 Å². The summed E-state index contributed by atoms with van der Waals surface area (Å²) in [5.74, 6) is 0.913. The van der Waals surface area contributed by atoms with Crippen LogP contribution in [0.3, 0.4) is 0 Å². The van der Waals surface area contributed by atoms with Crippen LogP contribution in [0.15, 0.2) is 42.7 Å². The normalized spacial score (nSPS) is 14.9. The van der Waals surface area contributed by atoms with Gasteiger partial charge in [0.1, 0.15) is 12.1 Å². The van der Waals surface area contributed by atoms with E-state index in [1.54, 1.807) is 6.33 Å². The van der Waals surface area contributed by atoms with E-state index in [1.165, 1.54) is 5.56 Å². The van der Waals surface area contributed by atoms with Crippen LogP contribution >= 0.6 is 0 Å². The van der Waals surface area contributed by atoms with Crippen molar-refractivity contribution in [2.24, 2.45) is 0 Å². The Morgan fingerprint density at radius 3 is 2.78 bits per heavy atom. The molecular formula is C25H28N4O3. The summed E-state index contributed by atoms with van der Waals surface area (Å²) in [6, 6.07) is 12.1. The van der Waals surface area contributed by atoms with Crippen LogP contribution in [0.2, 0.25) is 0 Å². The van der Waals surface area contributed by atoms with E-state index in [2.05, 4.69) is 38.9 Å². The molecule has 5 rings (SSSR count). The molecule has 0 radical (unpaired) electrons. The van der Waals surface area contributed by atoms with Gasteiger partial charge in [0.25, 0.3) is 0 Å². The SMILES string of the molecule is CCc1ccc2c(-c3ncnc4cc(OCCCN5CCOCC5)ccc34)c(O)[nH]c2c1. The minimum absolute atomic E-state index is 0.122. The summed E-state index contributed by atoms with van der Waals surface area (Å²) >= 11 is 0. The van der Waals surface area contributed by atoms with E-state index in [9.17, 15) is 5.11 Å². The van der Waals surface area contributed by atoms with Crippen LogP contribution in [0.25, 0.3) is 33.1 Å². The predicted octanol–water partition coefficient (Wildman–Crippen LogP) is 4.15. The smallest absolute Gasteiger partial charge is 0.199 e. The molecule has 2 N–H and O–H groups in total. The largest absolute Gasteiger partial charge is 0.494 e. The Labute approximate surface area is 187 Å². The van der Waals surface area contributed by atoms with E-state index in [1.807, 2.05) is 24.3 Å². The molecule has 0 saturated carbocycles. The average molecular weight is 433 g/mol. The van der Waals surface area contributed by atoms with Gasteiger partial charge in [-0.15, -0.1) is 0 Å². The zero-order chi connectivity index (χ0) is 21.9. The number of aryl methyl sites for hydroxylation is 1. The van der Waals surface area contributed by atoms with E-state index >= 15 is 0 Å². The van der Waals surface area contributed by atoms with Gasteiger partial charge in [-0.3, -0.25) is 4.90 Å². The van der Waals surface area contributed by atoms with E-state index in [0.29, 0.717) is 17.9 Å². The molecule has 1 fully saturated rings. The Hall–Kier alpha value is -3.16. The summed E-state index contributed by atoms with van der Waals surface area (Å²) in [6.45, 7) is 7.42. The van der Waals surface area contributed by atoms with Crippen LogP contribution in [-0.4, -0.2) is 64.4 Å². The molecule has 166 valence electrons. The standard InChI is InChI=1S/C25H28N4O3/c1-2-17-4-6-19-22(14-17)28-25(30)23(19)24-20-7-5-18(15-21(20)26-16-27-24)32-11-3-8-29-9-12-31-13-10-29/h4-7,14-16,28,30H,2-3,8-13H2,1H3. The second kappa shape index (κ2) is 9.14. The van der Waals surface area contributed by atoms with Crippen molar-refractivity contribution in [1.82, 2.24) is 19.9 Å². The van der Waals surface area contributed by atoms with Crippen molar-refractivity contribution in [1.29, 1.82) is 0 Å². The predicted molar refractivity (Wildman–Crippen MR) is 125 cm³/mol. The third-order valence-corrected chi connectivity index (χ3v) is 6.09. The van der Waals surface area contributed by atoms with Crippen molar-refractivity contribution in [3.05, 3.63) is 48.3 Å². The molecule has 1 aliphatic rings. The lowest BCUT2D eigenvalue weighted by Crippen LogP contribution is -2.37. The summed E-state index contributed by atoms with van der Waals surface area (Å²) in [7, 11) is 0. The zero-order valence-corrected chi connectivity index (χ0v) is 18.3. The molecule has 1 saturated heterocycles. The maximum Gasteiger partial charge on any atom is 0.199 e. The highest BCUT2D eigenvalue weighted by Gasteiger charge is 2.17. The van der Waals surface area contributed by atoms with Crippen LogP contribution in [-0.2, 0) is 11.2 Å². The highest BCUT2D eigenvalue weighted by Crippen LogP contribution is 2.39. The summed E-state index contributed by atoms with van der Waals surface area (Å²) in [5, 5.41) is 12.5. The molecule has 7 nitrogen and oxygen atoms in total. The zero-order valence-electron chi connectivity index (χ0n) is 18.3. The van der Waals surface area contributed by atoms with Crippen LogP contribution < -0.4 is 4.74 Å². The van der Waals surface area contributed by atoms with E-state index in [0.717, 1.165) is 73.2 Å².